The molecule has 0 aliphatic carbocycles. The summed E-state index contributed by atoms with van der Waals surface area (Å²) < 4.78 is 5.14. The van der Waals surface area contributed by atoms with Crippen LogP contribution in [-0.4, -0.2) is 42.0 Å². The van der Waals surface area contributed by atoms with Crippen molar-refractivity contribution in [2.24, 2.45) is 0 Å². The predicted octanol–water partition coefficient (Wildman–Crippen LogP) is 1.38. The van der Waals surface area contributed by atoms with Crippen molar-refractivity contribution in [3.63, 3.8) is 0 Å². The second-order valence-corrected chi connectivity index (χ2v) is 5.56. The summed E-state index contributed by atoms with van der Waals surface area (Å²) in [5, 5.41) is 12.9. The normalized spacial score (nSPS) is 13.2. The smallest absolute Gasteiger partial charge is 0.254 e. The van der Waals surface area contributed by atoms with Crippen LogP contribution in [0.5, 0.6) is 0 Å². The molecule has 1 atom stereocenters. The molecule has 6 heteroatoms. The van der Waals surface area contributed by atoms with Crippen LogP contribution in [0.2, 0.25) is 0 Å². The fourth-order valence-electron chi connectivity index (χ4n) is 2.09. The van der Waals surface area contributed by atoms with Crippen LogP contribution in [0.15, 0.2) is 53.1 Å². The van der Waals surface area contributed by atoms with E-state index < -0.39 is 5.60 Å². The number of carbonyl (C=O) groups is 2. The van der Waals surface area contributed by atoms with E-state index in [0.29, 0.717) is 11.3 Å². The first kappa shape index (κ1) is 16.8. The molecule has 0 spiro atoms. The van der Waals surface area contributed by atoms with Gasteiger partial charge in [-0.3, -0.25) is 9.59 Å². The number of likely N-dealkylation sites (N-methyl/N-ethyl adjacent to an activating group) is 1. The summed E-state index contributed by atoms with van der Waals surface area (Å²) in [6.45, 7) is 1.44. The van der Waals surface area contributed by atoms with E-state index in [2.05, 4.69) is 5.32 Å². The molecule has 1 aromatic heterocycles. The minimum atomic E-state index is -1.30. The zero-order valence-corrected chi connectivity index (χ0v) is 13.2. The van der Waals surface area contributed by atoms with Crippen LogP contribution in [0.25, 0.3) is 0 Å². The van der Waals surface area contributed by atoms with Crippen molar-refractivity contribution in [3.05, 3.63) is 60.1 Å². The van der Waals surface area contributed by atoms with Crippen molar-refractivity contribution >= 4 is 11.8 Å². The van der Waals surface area contributed by atoms with E-state index in [1.165, 1.54) is 11.2 Å². The summed E-state index contributed by atoms with van der Waals surface area (Å²) in [6.07, 6.45) is 1.46. The van der Waals surface area contributed by atoms with Crippen LogP contribution in [0.1, 0.15) is 23.0 Å². The Labute approximate surface area is 134 Å². The second kappa shape index (κ2) is 7.11. The van der Waals surface area contributed by atoms with Crippen molar-refractivity contribution in [2.75, 3.05) is 20.1 Å². The molecule has 0 aliphatic rings. The zero-order valence-electron chi connectivity index (χ0n) is 13.2. The zero-order chi connectivity index (χ0) is 16.9. The van der Waals surface area contributed by atoms with Crippen LogP contribution in [-0.2, 0) is 10.4 Å². The molecule has 1 unspecified atom stereocenters. The minimum absolute atomic E-state index is 0.00723. The molecule has 6 nitrogen and oxygen atoms in total. The molecule has 2 N–H and O–H groups in total. The van der Waals surface area contributed by atoms with Crippen LogP contribution >= 0.6 is 0 Å². The van der Waals surface area contributed by atoms with Gasteiger partial charge in [-0.2, -0.15) is 0 Å². The molecule has 0 aliphatic heterocycles. The van der Waals surface area contributed by atoms with Crippen LogP contribution < -0.4 is 5.32 Å². The van der Waals surface area contributed by atoms with Gasteiger partial charge in [0, 0.05) is 12.6 Å². The first-order valence-electron chi connectivity index (χ1n) is 7.24. The summed E-state index contributed by atoms with van der Waals surface area (Å²) >= 11 is 0. The number of nitrogens with one attached hydrogen (secondary N) is 1. The highest BCUT2D eigenvalue weighted by molar-refractivity contribution is 5.96. The lowest BCUT2D eigenvalue weighted by Gasteiger charge is -2.22. The number of carbonyl (C=O) groups excluding carboxylic acids is 2. The van der Waals surface area contributed by atoms with Gasteiger partial charge in [0.25, 0.3) is 5.91 Å². The molecule has 0 bridgehead atoms. The lowest BCUT2D eigenvalue weighted by molar-refractivity contribution is -0.122. The maximum Gasteiger partial charge on any atom is 0.254 e. The van der Waals surface area contributed by atoms with Gasteiger partial charge in [-0.1, -0.05) is 18.2 Å². The largest absolute Gasteiger partial charge is 0.466 e. The average Bonchev–Trinajstić information content (AvgIpc) is 3.08. The molecule has 2 aromatic rings. The molecule has 122 valence electrons. The first-order chi connectivity index (χ1) is 10.9. The van der Waals surface area contributed by atoms with Gasteiger partial charge >= 0.3 is 0 Å². The molecular formula is C17H20N2O4. The third-order valence-corrected chi connectivity index (χ3v) is 3.43. The van der Waals surface area contributed by atoms with Crippen molar-refractivity contribution < 1.29 is 19.1 Å². The van der Waals surface area contributed by atoms with Crippen LogP contribution in [0.4, 0.5) is 0 Å². The van der Waals surface area contributed by atoms with E-state index in [4.69, 9.17) is 4.42 Å². The molecule has 0 radical (unpaired) electrons. The second-order valence-electron chi connectivity index (χ2n) is 5.56. The van der Waals surface area contributed by atoms with Gasteiger partial charge in [-0.15, -0.1) is 0 Å². The molecule has 0 fully saturated rings. The fourth-order valence-corrected chi connectivity index (χ4v) is 2.09. The molecule has 1 aromatic carbocycles. The Morgan fingerprint density at radius 1 is 1.22 bits per heavy atom. The minimum Gasteiger partial charge on any atom is -0.466 e. The summed E-state index contributed by atoms with van der Waals surface area (Å²) in [6, 6.07) is 12.0. The summed E-state index contributed by atoms with van der Waals surface area (Å²) in [5.41, 5.74) is -0.786. The summed E-state index contributed by atoms with van der Waals surface area (Å²) in [5.74, 6) is -0.228. The third-order valence-electron chi connectivity index (χ3n) is 3.43. The Morgan fingerprint density at radius 2 is 1.91 bits per heavy atom. The lowest BCUT2D eigenvalue weighted by Crippen LogP contribution is -2.43. The number of aliphatic hydroxyl groups is 1. The number of rotatable bonds is 6. The maximum atomic E-state index is 12.1. The Kier molecular flexibility index (Phi) is 5.18. The van der Waals surface area contributed by atoms with Crippen molar-refractivity contribution in [2.45, 2.75) is 12.5 Å². The van der Waals surface area contributed by atoms with E-state index in [1.54, 1.807) is 50.4 Å². The Balaban J connectivity index is 1.86. The number of hydrogen-bond donors (Lipinski definition) is 2. The molecule has 0 saturated carbocycles. The van der Waals surface area contributed by atoms with Crippen molar-refractivity contribution in [1.29, 1.82) is 0 Å². The highest BCUT2D eigenvalue weighted by Gasteiger charge is 2.27. The lowest BCUT2D eigenvalue weighted by atomic mass is 10.0. The molecule has 2 rings (SSSR count). The van der Waals surface area contributed by atoms with E-state index >= 15 is 0 Å². The van der Waals surface area contributed by atoms with Crippen molar-refractivity contribution in [3.8, 4) is 0 Å². The number of amides is 2. The van der Waals surface area contributed by atoms with Crippen LogP contribution in [0, 0.1) is 0 Å². The van der Waals surface area contributed by atoms with Gasteiger partial charge in [-0.05, 0) is 31.2 Å². The number of benzene rings is 1. The van der Waals surface area contributed by atoms with E-state index in [-0.39, 0.29) is 24.9 Å². The van der Waals surface area contributed by atoms with Crippen molar-refractivity contribution in [1.82, 2.24) is 10.2 Å². The maximum absolute atomic E-state index is 12.1. The number of hydrogen-bond acceptors (Lipinski definition) is 4. The quantitative estimate of drug-likeness (QED) is 0.843. The predicted molar refractivity (Wildman–Crippen MR) is 84.7 cm³/mol. The highest BCUT2D eigenvalue weighted by atomic mass is 16.4. The Bertz CT molecular complexity index is 650. The highest BCUT2D eigenvalue weighted by Crippen LogP contribution is 2.19. The number of nitrogens with zero attached hydrogens (tertiary/aromatic N) is 1. The molecule has 23 heavy (non-hydrogen) atoms. The number of furan rings is 1. The molecule has 0 saturated heterocycles. The van der Waals surface area contributed by atoms with Gasteiger partial charge in [0.15, 0.2) is 0 Å². The molecule has 2 amide bonds. The summed E-state index contributed by atoms with van der Waals surface area (Å²) in [7, 11) is 1.56. The SMILES string of the molecule is CN(CC(=O)NCC(C)(O)c1ccco1)C(=O)c1ccccc1. The third kappa shape index (κ3) is 4.43. The van der Waals surface area contributed by atoms with Crippen LogP contribution in [0.3, 0.4) is 0 Å². The first-order valence-corrected chi connectivity index (χ1v) is 7.24. The van der Waals surface area contributed by atoms with E-state index in [1.807, 2.05) is 6.07 Å². The standard InChI is InChI=1S/C17H20N2O4/c1-17(22,14-9-6-10-23-14)12-18-15(20)11-19(2)16(21)13-7-4-3-5-8-13/h3-10,22H,11-12H2,1-2H3,(H,18,20). The van der Waals surface area contributed by atoms with Gasteiger partial charge in [0.1, 0.15) is 11.4 Å². The molecular weight excluding hydrogens is 296 g/mol. The van der Waals surface area contributed by atoms with Gasteiger partial charge in [0.2, 0.25) is 5.91 Å². The Morgan fingerprint density at radius 3 is 2.52 bits per heavy atom. The van der Waals surface area contributed by atoms with Gasteiger partial charge < -0.3 is 19.7 Å². The van der Waals surface area contributed by atoms with Gasteiger partial charge in [-0.25, -0.2) is 0 Å². The van der Waals surface area contributed by atoms with E-state index in [9.17, 15) is 14.7 Å². The monoisotopic (exact) mass is 316 g/mol. The average molecular weight is 316 g/mol. The van der Waals surface area contributed by atoms with Gasteiger partial charge in [0.05, 0.1) is 19.4 Å². The van der Waals surface area contributed by atoms with E-state index in [0.717, 1.165) is 0 Å². The topological polar surface area (TPSA) is 82.8 Å². The summed E-state index contributed by atoms with van der Waals surface area (Å²) in [4.78, 5) is 25.4. The fraction of sp³-hybridized carbons (Fsp3) is 0.294. The molecule has 1 heterocycles. The Hall–Kier alpha value is -2.60.